The highest BCUT2D eigenvalue weighted by Gasteiger charge is 2.32. The van der Waals surface area contributed by atoms with E-state index in [4.69, 9.17) is 4.42 Å². The van der Waals surface area contributed by atoms with Gasteiger partial charge in [0.25, 0.3) is 11.8 Å². The smallest absolute Gasteiger partial charge is 0.291 e. The van der Waals surface area contributed by atoms with E-state index in [-0.39, 0.29) is 29.2 Å². The van der Waals surface area contributed by atoms with Gasteiger partial charge >= 0.3 is 0 Å². The van der Waals surface area contributed by atoms with Crippen LogP contribution < -0.4 is 10.6 Å². The maximum Gasteiger partial charge on any atom is 0.291 e. The van der Waals surface area contributed by atoms with Crippen LogP contribution in [0.15, 0.2) is 22.8 Å². The molecule has 1 aliphatic heterocycles. The fourth-order valence-electron chi connectivity index (χ4n) is 3.63. The van der Waals surface area contributed by atoms with Crippen molar-refractivity contribution in [3.8, 4) is 0 Å². The minimum Gasteiger partial charge on any atom is -0.459 e. The van der Waals surface area contributed by atoms with Crippen LogP contribution in [0.2, 0.25) is 0 Å². The Kier molecular flexibility index (Phi) is 4.81. The van der Waals surface area contributed by atoms with Gasteiger partial charge in [0.15, 0.2) is 15.6 Å². The largest absolute Gasteiger partial charge is 0.459 e. The highest BCUT2D eigenvalue weighted by atomic mass is 32.2. The summed E-state index contributed by atoms with van der Waals surface area (Å²) in [6.45, 7) is 0. The van der Waals surface area contributed by atoms with E-state index in [1.165, 1.54) is 17.6 Å². The highest BCUT2D eigenvalue weighted by Crippen LogP contribution is 2.38. The second kappa shape index (κ2) is 7.12. The molecular weight excluding hydrogens is 388 g/mol. The molecular formula is C18H20N2O5S2. The molecule has 9 heteroatoms. The van der Waals surface area contributed by atoms with Gasteiger partial charge in [0, 0.05) is 10.9 Å². The van der Waals surface area contributed by atoms with Gasteiger partial charge in [-0.2, -0.15) is 0 Å². The fourth-order valence-corrected chi connectivity index (χ4v) is 6.59. The zero-order valence-electron chi connectivity index (χ0n) is 14.6. The van der Waals surface area contributed by atoms with Crippen LogP contribution in [0, 0.1) is 0 Å². The average molecular weight is 409 g/mol. The number of rotatable bonds is 4. The molecule has 2 amide bonds. The van der Waals surface area contributed by atoms with Crippen molar-refractivity contribution >= 4 is 38.0 Å². The van der Waals surface area contributed by atoms with E-state index in [9.17, 15) is 18.0 Å². The van der Waals surface area contributed by atoms with Crippen molar-refractivity contribution < 1.29 is 22.4 Å². The number of nitrogens with one attached hydrogen (secondary N) is 2. The number of amides is 2. The molecule has 0 radical (unpaired) electrons. The molecule has 3 heterocycles. The monoisotopic (exact) mass is 408 g/mol. The number of thiophene rings is 1. The van der Waals surface area contributed by atoms with E-state index in [0.717, 1.165) is 36.1 Å². The summed E-state index contributed by atoms with van der Waals surface area (Å²) >= 11 is 1.42. The van der Waals surface area contributed by atoms with E-state index in [1.54, 1.807) is 12.1 Å². The molecule has 144 valence electrons. The molecule has 1 saturated heterocycles. The molecule has 0 spiro atoms. The Morgan fingerprint density at radius 1 is 1.19 bits per heavy atom. The number of carbonyl (C=O) groups excluding carboxylic acids is 2. The number of hydrogen-bond acceptors (Lipinski definition) is 6. The van der Waals surface area contributed by atoms with E-state index >= 15 is 0 Å². The van der Waals surface area contributed by atoms with Gasteiger partial charge in [0.2, 0.25) is 0 Å². The molecule has 27 heavy (non-hydrogen) atoms. The number of anilines is 1. The minimum atomic E-state index is -3.08. The zero-order chi connectivity index (χ0) is 19.0. The number of fused-ring (bicyclic) bond motifs is 1. The summed E-state index contributed by atoms with van der Waals surface area (Å²) in [4.78, 5) is 26.5. The van der Waals surface area contributed by atoms with Gasteiger partial charge in [0.1, 0.15) is 5.00 Å². The van der Waals surface area contributed by atoms with Gasteiger partial charge in [-0.05, 0) is 49.8 Å². The number of carbonyl (C=O) groups is 2. The van der Waals surface area contributed by atoms with Crippen molar-refractivity contribution in [2.75, 3.05) is 16.8 Å². The van der Waals surface area contributed by atoms with E-state index in [0.29, 0.717) is 17.0 Å². The topological polar surface area (TPSA) is 105 Å². The summed E-state index contributed by atoms with van der Waals surface area (Å²) < 4.78 is 28.5. The Bertz CT molecular complexity index is 976. The third-order valence-electron chi connectivity index (χ3n) is 4.94. The predicted octanol–water partition coefficient (Wildman–Crippen LogP) is 2.39. The van der Waals surface area contributed by atoms with Crippen molar-refractivity contribution in [2.24, 2.45) is 0 Å². The first-order chi connectivity index (χ1) is 12.9. The van der Waals surface area contributed by atoms with Crippen molar-refractivity contribution in [3.05, 3.63) is 40.2 Å². The lowest BCUT2D eigenvalue weighted by Gasteiger charge is -2.15. The molecule has 0 unspecified atom stereocenters. The van der Waals surface area contributed by atoms with Gasteiger partial charge in [-0.3, -0.25) is 9.59 Å². The Hall–Kier alpha value is -2.13. The second-order valence-electron chi connectivity index (χ2n) is 6.92. The van der Waals surface area contributed by atoms with Crippen molar-refractivity contribution in [1.82, 2.24) is 5.32 Å². The number of sulfone groups is 1. The number of hydrogen-bond donors (Lipinski definition) is 2. The van der Waals surface area contributed by atoms with Crippen molar-refractivity contribution in [3.63, 3.8) is 0 Å². The first-order valence-electron chi connectivity index (χ1n) is 8.93. The lowest BCUT2D eigenvalue weighted by atomic mass is 9.95. The molecule has 2 aromatic heterocycles. The molecule has 2 aliphatic rings. The Labute approximate surface area is 161 Å². The van der Waals surface area contributed by atoms with Gasteiger partial charge in [-0.25, -0.2) is 8.42 Å². The first kappa shape index (κ1) is 18.2. The fraction of sp³-hybridized carbons (Fsp3) is 0.444. The van der Waals surface area contributed by atoms with Crippen LogP contribution in [-0.4, -0.2) is 37.8 Å². The van der Waals surface area contributed by atoms with Gasteiger partial charge in [0.05, 0.1) is 23.3 Å². The van der Waals surface area contributed by atoms with Crippen molar-refractivity contribution in [1.29, 1.82) is 0 Å². The Balaban J connectivity index is 1.61. The lowest BCUT2D eigenvalue weighted by Crippen LogP contribution is -2.36. The first-order valence-corrected chi connectivity index (χ1v) is 11.6. The summed E-state index contributed by atoms with van der Waals surface area (Å²) in [6.07, 6.45) is 5.56. The normalized spacial score (nSPS) is 20.8. The maximum absolute atomic E-state index is 13.0. The third-order valence-corrected chi connectivity index (χ3v) is 7.91. The van der Waals surface area contributed by atoms with Gasteiger partial charge in [-0.1, -0.05) is 0 Å². The van der Waals surface area contributed by atoms with Crippen LogP contribution in [0.3, 0.4) is 0 Å². The molecule has 0 saturated carbocycles. The van der Waals surface area contributed by atoms with E-state index < -0.39 is 15.7 Å². The Morgan fingerprint density at radius 3 is 2.70 bits per heavy atom. The highest BCUT2D eigenvalue weighted by molar-refractivity contribution is 7.91. The summed E-state index contributed by atoms with van der Waals surface area (Å²) in [6, 6.07) is 2.81. The molecule has 2 N–H and O–H groups in total. The molecule has 1 fully saturated rings. The summed E-state index contributed by atoms with van der Waals surface area (Å²) in [7, 11) is -3.08. The molecule has 1 aliphatic carbocycles. The molecule has 7 nitrogen and oxygen atoms in total. The zero-order valence-corrected chi connectivity index (χ0v) is 16.2. The SMILES string of the molecule is O=C(Nc1sc2c(c1C(=O)N[C@@H]1CCS(=O)(=O)C1)CCCC2)c1ccco1. The molecule has 0 bridgehead atoms. The summed E-state index contributed by atoms with van der Waals surface area (Å²) in [5.74, 6) is -0.474. The Morgan fingerprint density at radius 2 is 2.00 bits per heavy atom. The maximum atomic E-state index is 13.0. The summed E-state index contributed by atoms with van der Waals surface area (Å²) in [5, 5.41) is 6.15. The molecule has 4 rings (SSSR count). The molecule has 1 atom stereocenters. The van der Waals surface area contributed by atoms with Crippen LogP contribution in [0.25, 0.3) is 0 Å². The minimum absolute atomic E-state index is 0.0286. The molecule has 2 aromatic rings. The van der Waals surface area contributed by atoms with Gasteiger partial charge in [-0.15, -0.1) is 11.3 Å². The van der Waals surface area contributed by atoms with Crippen LogP contribution in [0.4, 0.5) is 5.00 Å². The van der Waals surface area contributed by atoms with Crippen LogP contribution in [0.1, 0.15) is 50.6 Å². The summed E-state index contributed by atoms with van der Waals surface area (Å²) in [5.41, 5.74) is 1.44. The van der Waals surface area contributed by atoms with Crippen molar-refractivity contribution in [2.45, 2.75) is 38.1 Å². The van der Waals surface area contributed by atoms with E-state index in [1.807, 2.05) is 0 Å². The van der Waals surface area contributed by atoms with Crippen LogP contribution in [-0.2, 0) is 22.7 Å². The number of aryl methyl sites for hydroxylation is 1. The number of furan rings is 1. The second-order valence-corrected chi connectivity index (χ2v) is 10.3. The third kappa shape index (κ3) is 3.79. The molecule has 0 aromatic carbocycles. The average Bonchev–Trinajstić information content (AvgIpc) is 3.33. The standard InChI is InChI=1S/C18H20N2O5S2/c21-16(13-5-3-8-25-13)20-18-15(12-4-1-2-6-14(12)26-18)17(22)19-11-7-9-27(23,24)10-11/h3,5,8,11H,1-2,4,6-7,9-10H2,(H,19,22)(H,20,21)/t11-/m1/s1. The van der Waals surface area contributed by atoms with Gasteiger partial charge < -0.3 is 15.1 Å². The predicted molar refractivity (Wildman–Crippen MR) is 102 cm³/mol. The van der Waals surface area contributed by atoms with Crippen LogP contribution >= 0.6 is 11.3 Å². The van der Waals surface area contributed by atoms with Crippen LogP contribution in [0.5, 0.6) is 0 Å². The quantitative estimate of drug-likeness (QED) is 0.808. The lowest BCUT2D eigenvalue weighted by molar-refractivity contribution is 0.0941. The van der Waals surface area contributed by atoms with E-state index in [2.05, 4.69) is 10.6 Å².